The summed E-state index contributed by atoms with van der Waals surface area (Å²) in [7, 11) is 4.90. The number of hydrogen-bond acceptors (Lipinski definition) is 4. The van der Waals surface area contributed by atoms with E-state index < -0.39 is 0 Å². The van der Waals surface area contributed by atoms with Gasteiger partial charge in [-0.3, -0.25) is 9.59 Å². The van der Waals surface area contributed by atoms with Crippen molar-refractivity contribution in [2.24, 2.45) is 11.7 Å². The first-order valence-electron chi connectivity index (χ1n) is 7.88. The fourth-order valence-electron chi connectivity index (χ4n) is 2.89. The zero-order valence-electron chi connectivity index (χ0n) is 14.0. The quantitative estimate of drug-likeness (QED) is 0.887. The van der Waals surface area contributed by atoms with Crippen LogP contribution in [0.5, 0.6) is 5.75 Å². The van der Waals surface area contributed by atoms with Crippen molar-refractivity contribution < 1.29 is 14.3 Å². The van der Waals surface area contributed by atoms with E-state index in [0.717, 1.165) is 19.3 Å². The normalized spacial score (nSPS) is 20.7. The number of carbonyl (C=O) groups excluding carboxylic acids is 2. The van der Waals surface area contributed by atoms with Crippen LogP contribution in [0.1, 0.15) is 36.0 Å². The lowest BCUT2D eigenvalue weighted by molar-refractivity contribution is -0.120. The molecule has 126 valence electrons. The van der Waals surface area contributed by atoms with Crippen LogP contribution in [0.3, 0.4) is 0 Å². The fraction of sp³-hybridized carbons (Fsp3) is 0.529. The number of anilines is 1. The van der Waals surface area contributed by atoms with Crippen LogP contribution in [-0.2, 0) is 4.79 Å². The van der Waals surface area contributed by atoms with Crippen LogP contribution in [0.2, 0.25) is 0 Å². The second kappa shape index (κ2) is 7.46. The Morgan fingerprint density at radius 2 is 2.04 bits per heavy atom. The molecule has 0 aliphatic heterocycles. The van der Waals surface area contributed by atoms with Crippen LogP contribution in [-0.4, -0.2) is 44.0 Å². The van der Waals surface area contributed by atoms with Crippen LogP contribution in [0.4, 0.5) is 5.69 Å². The van der Waals surface area contributed by atoms with Gasteiger partial charge >= 0.3 is 0 Å². The molecule has 1 aliphatic rings. The molecular weight excluding hydrogens is 294 g/mol. The first-order valence-corrected chi connectivity index (χ1v) is 7.88. The molecule has 0 heterocycles. The molecule has 1 aliphatic carbocycles. The molecule has 0 spiro atoms. The van der Waals surface area contributed by atoms with Crippen molar-refractivity contribution in [2.75, 3.05) is 26.5 Å². The van der Waals surface area contributed by atoms with Crippen molar-refractivity contribution in [3.8, 4) is 5.75 Å². The van der Waals surface area contributed by atoms with Crippen molar-refractivity contribution in [2.45, 2.75) is 31.7 Å². The number of carbonyl (C=O) groups is 2. The standard InChI is InChI=1S/C17H25N3O3/c1-20(2)17(22)12-7-8-14(15(10-12)23-3)19-16(21)11-5-4-6-13(18)9-11/h7-8,10-11,13H,4-6,9,18H2,1-3H3,(H,19,21). The zero-order valence-corrected chi connectivity index (χ0v) is 14.0. The summed E-state index contributed by atoms with van der Waals surface area (Å²) in [5.74, 6) is 0.266. The molecule has 6 heteroatoms. The van der Waals surface area contributed by atoms with Gasteiger partial charge in [0.1, 0.15) is 5.75 Å². The number of amides is 2. The molecule has 1 aromatic rings. The predicted octanol–water partition coefficient (Wildman–Crippen LogP) is 1.85. The van der Waals surface area contributed by atoms with E-state index in [1.165, 1.54) is 12.0 Å². The molecule has 0 bridgehead atoms. The topological polar surface area (TPSA) is 84.7 Å². The minimum atomic E-state index is -0.112. The van der Waals surface area contributed by atoms with E-state index in [2.05, 4.69) is 5.32 Å². The van der Waals surface area contributed by atoms with Gasteiger partial charge in [-0.15, -0.1) is 0 Å². The van der Waals surface area contributed by atoms with E-state index in [1.54, 1.807) is 32.3 Å². The van der Waals surface area contributed by atoms with Crippen LogP contribution in [0, 0.1) is 5.92 Å². The SMILES string of the molecule is COc1cc(C(=O)N(C)C)ccc1NC(=O)C1CCCC(N)C1. The van der Waals surface area contributed by atoms with E-state index in [0.29, 0.717) is 23.4 Å². The lowest BCUT2D eigenvalue weighted by Gasteiger charge is -2.26. The number of nitrogens with one attached hydrogen (secondary N) is 1. The smallest absolute Gasteiger partial charge is 0.253 e. The number of benzene rings is 1. The molecular formula is C17H25N3O3. The maximum absolute atomic E-state index is 12.4. The summed E-state index contributed by atoms with van der Waals surface area (Å²) >= 11 is 0. The number of rotatable bonds is 4. The van der Waals surface area contributed by atoms with Gasteiger partial charge in [0.25, 0.3) is 5.91 Å². The summed E-state index contributed by atoms with van der Waals surface area (Å²) in [6, 6.07) is 5.13. The van der Waals surface area contributed by atoms with Gasteiger partial charge in [0.05, 0.1) is 12.8 Å². The predicted molar refractivity (Wildman–Crippen MR) is 89.6 cm³/mol. The van der Waals surface area contributed by atoms with Gasteiger partial charge < -0.3 is 20.7 Å². The minimum absolute atomic E-state index is 0.0369. The van der Waals surface area contributed by atoms with Crippen LogP contribution >= 0.6 is 0 Å². The highest BCUT2D eigenvalue weighted by Crippen LogP contribution is 2.29. The first kappa shape index (κ1) is 17.3. The van der Waals surface area contributed by atoms with Gasteiger partial charge in [0, 0.05) is 31.6 Å². The van der Waals surface area contributed by atoms with Gasteiger partial charge in [0.15, 0.2) is 0 Å². The third-order valence-electron chi connectivity index (χ3n) is 4.20. The number of hydrogen-bond donors (Lipinski definition) is 2. The molecule has 2 amide bonds. The summed E-state index contributed by atoms with van der Waals surface area (Å²) in [4.78, 5) is 25.9. The molecule has 23 heavy (non-hydrogen) atoms. The molecule has 2 rings (SSSR count). The Bertz CT molecular complexity index is 586. The largest absolute Gasteiger partial charge is 0.495 e. The Morgan fingerprint density at radius 3 is 2.65 bits per heavy atom. The van der Waals surface area contributed by atoms with Crippen molar-refractivity contribution in [3.63, 3.8) is 0 Å². The third kappa shape index (κ3) is 4.22. The Labute approximate surface area is 137 Å². The molecule has 0 radical (unpaired) electrons. The maximum atomic E-state index is 12.4. The molecule has 6 nitrogen and oxygen atoms in total. The monoisotopic (exact) mass is 319 g/mol. The fourth-order valence-corrected chi connectivity index (χ4v) is 2.89. The highest BCUT2D eigenvalue weighted by atomic mass is 16.5. The van der Waals surface area contributed by atoms with E-state index in [1.807, 2.05) is 0 Å². The average Bonchev–Trinajstić information content (AvgIpc) is 2.54. The van der Waals surface area contributed by atoms with Crippen LogP contribution < -0.4 is 15.8 Å². The number of methoxy groups -OCH3 is 1. The van der Waals surface area contributed by atoms with Crippen LogP contribution in [0.25, 0.3) is 0 Å². The van der Waals surface area contributed by atoms with E-state index >= 15 is 0 Å². The average molecular weight is 319 g/mol. The lowest BCUT2D eigenvalue weighted by Crippen LogP contribution is -2.34. The van der Waals surface area contributed by atoms with Gasteiger partial charge in [-0.25, -0.2) is 0 Å². The Kier molecular flexibility index (Phi) is 5.60. The van der Waals surface area contributed by atoms with Gasteiger partial charge in [-0.1, -0.05) is 6.42 Å². The van der Waals surface area contributed by atoms with Crippen molar-refractivity contribution in [1.82, 2.24) is 4.90 Å². The van der Waals surface area contributed by atoms with Crippen molar-refractivity contribution in [3.05, 3.63) is 23.8 Å². The van der Waals surface area contributed by atoms with Crippen molar-refractivity contribution in [1.29, 1.82) is 0 Å². The second-order valence-corrected chi connectivity index (χ2v) is 6.23. The first-order chi connectivity index (χ1) is 10.9. The zero-order chi connectivity index (χ0) is 17.0. The highest BCUT2D eigenvalue weighted by Gasteiger charge is 2.26. The van der Waals surface area contributed by atoms with E-state index in [9.17, 15) is 9.59 Å². The molecule has 1 saturated carbocycles. The summed E-state index contributed by atoms with van der Waals surface area (Å²) in [5, 5.41) is 2.90. The van der Waals surface area contributed by atoms with E-state index in [-0.39, 0.29) is 23.8 Å². The third-order valence-corrected chi connectivity index (χ3v) is 4.20. The van der Waals surface area contributed by atoms with Gasteiger partial charge in [0.2, 0.25) is 5.91 Å². The van der Waals surface area contributed by atoms with Crippen molar-refractivity contribution >= 4 is 17.5 Å². The van der Waals surface area contributed by atoms with E-state index in [4.69, 9.17) is 10.5 Å². The Balaban J connectivity index is 2.13. The summed E-state index contributed by atoms with van der Waals surface area (Å²) in [5.41, 5.74) is 7.04. The van der Waals surface area contributed by atoms with Gasteiger partial charge in [-0.2, -0.15) is 0 Å². The summed E-state index contributed by atoms with van der Waals surface area (Å²) < 4.78 is 5.32. The molecule has 1 aromatic carbocycles. The molecule has 1 fully saturated rings. The molecule has 3 N–H and O–H groups in total. The van der Waals surface area contributed by atoms with Crippen LogP contribution in [0.15, 0.2) is 18.2 Å². The number of nitrogens with two attached hydrogens (primary N) is 1. The Hall–Kier alpha value is -2.08. The maximum Gasteiger partial charge on any atom is 0.253 e. The highest BCUT2D eigenvalue weighted by molar-refractivity contribution is 5.97. The number of nitrogens with zero attached hydrogens (tertiary/aromatic N) is 1. The van der Waals surface area contributed by atoms with Gasteiger partial charge in [-0.05, 0) is 37.5 Å². The summed E-state index contributed by atoms with van der Waals surface area (Å²) in [6.45, 7) is 0. The number of ether oxygens (including phenoxy) is 1. The molecule has 0 aromatic heterocycles. The molecule has 0 saturated heterocycles. The summed E-state index contributed by atoms with van der Waals surface area (Å²) in [6.07, 6.45) is 3.53. The minimum Gasteiger partial charge on any atom is -0.495 e. The second-order valence-electron chi connectivity index (χ2n) is 6.23. The molecule has 2 unspecified atom stereocenters. The Morgan fingerprint density at radius 1 is 1.30 bits per heavy atom. The lowest BCUT2D eigenvalue weighted by atomic mass is 9.85. The molecule has 2 atom stereocenters.